The molecular weight excluding hydrogens is 615 g/mol. The summed E-state index contributed by atoms with van der Waals surface area (Å²) in [7, 11) is -3.02. The van der Waals surface area contributed by atoms with Crippen LogP contribution in [-0.2, 0) is 33.3 Å². The summed E-state index contributed by atoms with van der Waals surface area (Å²) in [4.78, 5) is 32.6. The third-order valence-corrected chi connectivity index (χ3v) is 8.24. The van der Waals surface area contributed by atoms with Crippen LogP contribution in [0.15, 0.2) is 103 Å². The zero-order chi connectivity index (χ0) is 32.6. The van der Waals surface area contributed by atoms with Gasteiger partial charge in [-0.3, -0.25) is 9.32 Å². The molecule has 4 aromatic rings. The summed E-state index contributed by atoms with van der Waals surface area (Å²) < 4.78 is 26.8. The van der Waals surface area contributed by atoms with Gasteiger partial charge in [0.25, 0.3) is 0 Å². The molecule has 0 aliphatic carbocycles. The first kappa shape index (κ1) is 37.5. The van der Waals surface area contributed by atoms with Crippen LogP contribution in [0.4, 0.5) is 0 Å². The van der Waals surface area contributed by atoms with E-state index in [0.29, 0.717) is 31.7 Å². The van der Waals surface area contributed by atoms with E-state index in [9.17, 15) is 9.36 Å². The quantitative estimate of drug-likeness (QED) is 0.0683. The fraction of sp³-hybridized carbons (Fsp3) is 0.324. The van der Waals surface area contributed by atoms with Gasteiger partial charge in [0.1, 0.15) is 11.5 Å². The lowest BCUT2D eigenvalue weighted by molar-refractivity contribution is -0.132. The van der Waals surface area contributed by atoms with Crippen molar-refractivity contribution in [2.75, 3.05) is 26.9 Å². The van der Waals surface area contributed by atoms with Crippen LogP contribution in [0.2, 0.25) is 0 Å². The van der Waals surface area contributed by atoms with Gasteiger partial charge in [-0.05, 0) is 90.6 Å². The molecule has 9 nitrogen and oxygen atoms in total. The predicted molar refractivity (Wildman–Crippen MR) is 186 cm³/mol. The van der Waals surface area contributed by atoms with Crippen LogP contribution in [-0.4, -0.2) is 47.5 Å². The zero-order valence-corrected chi connectivity index (χ0v) is 28.0. The highest BCUT2D eigenvalue weighted by atomic mass is 31.2. The van der Waals surface area contributed by atoms with Gasteiger partial charge in [0.05, 0.1) is 20.3 Å². The van der Waals surface area contributed by atoms with Crippen molar-refractivity contribution in [3.63, 3.8) is 0 Å². The number of phosphoric ester groups is 1. The average molecular weight is 663 g/mol. The van der Waals surface area contributed by atoms with Crippen LogP contribution in [0, 0.1) is 0 Å². The minimum absolute atomic E-state index is 0. The molecule has 252 valence electrons. The van der Waals surface area contributed by atoms with Crippen LogP contribution in [0.25, 0.3) is 11.1 Å². The monoisotopic (exact) mass is 662 g/mol. The molecule has 4 aromatic carbocycles. The highest BCUT2D eigenvalue weighted by molar-refractivity contribution is 7.46. The first-order valence-electron chi connectivity index (χ1n) is 15.8. The molecule has 0 aliphatic rings. The second-order valence-electron chi connectivity index (χ2n) is 11.2. The summed E-state index contributed by atoms with van der Waals surface area (Å²) in [6.07, 6.45) is 5.80. The van der Waals surface area contributed by atoms with Crippen molar-refractivity contribution < 1.29 is 33.1 Å². The van der Waals surface area contributed by atoms with Gasteiger partial charge >= 0.3 is 7.82 Å². The number of rotatable bonds is 19. The maximum absolute atomic E-state index is 13.0. The molecule has 10 heteroatoms. The summed E-state index contributed by atoms with van der Waals surface area (Å²) in [5.41, 5.74) is 5.88. The van der Waals surface area contributed by atoms with E-state index in [4.69, 9.17) is 19.3 Å². The number of hydrogen-bond acceptors (Lipinski definition) is 6. The van der Waals surface area contributed by atoms with Crippen molar-refractivity contribution in [2.45, 2.75) is 51.5 Å². The number of phosphoric acid groups is 1. The highest BCUT2D eigenvalue weighted by Crippen LogP contribution is 2.35. The lowest BCUT2D eigenvalue weighted by atomic mass is 10.0. The molecule has 0 saturated heterocycles. The van der Waals surface area contributed by atoms with Crippen molar-refractivity contribution in [3.8, 4) is 22.6 Å². The highest BCUT2D eigenvalue weighted by Gasteiger charge is 2.18. The van der Waals surface area contributed by atoms with E-state index in [2.05, 4.69) is 65.2 Å². The van der Waals surface area contributed by atoms with E-state index in [1.807, 2.05) is 42.5 Å². The molecule has 0 saturated carbocycles. The fourth-order valence-corrected chi connectivity index (χ4v) is 5.46. The van der Waals surface area contributed by atoms with E-state index < -0.39 is 7.82 Å². The lowest BCUT2D eigenvalue weighted by Crippen LogP contribution is -2.33. The summed E-state index contributed by atoms with van der Waals surface area (Å²) >= 11 is 0. The topological polar surface area (TPSA) is 141 Å². The molecule has 0 bridgehead atoms. The van der Waals surface area contributed by atoms with Gasteiger partial charge in [-0.2, -0.15) is 0 Å². The first-order valence-corrected chi connectivity index (χ1v) is 17.3. The Kier molecular flexibility index (Phi) is 15.7. The van der Waals surface area contributed by atoms with Crippen molar-refractivity contribution in [1.29, 1.82) is 0 Å². The molecule has 0 atom stereocenters. The third-order valence-electron chi connectivity index (χ3n) is 7.72. The standard InChI is InChI=1S/C37H44NO7P.H3N/c1-43-35-22-18-32(19-23-35)29-38(26-28-45-46(40,41)42)37(39)13-6-5-9-31-16-24-36(25-17-31)44-27-8-7-10-30-14-20-34(21-15-30)33-11-3-2-4-12-33;/h2-4,11-12,14-25H,5-10,13,26-29H2,1H3,(H2,40,41,42);1H3. The van der Waals surface area contributed by atoms with Crippen LogP contribution < -0.4 is 15.6 Å². The van der Waals surface area contributed by atoms with Crippen molar-refractivity contribution in [2.24, 2.45) is 0 Å². The Morgan fingerprint density at radius 1 is 0.681 bits per heavy atom. The SMILES string of the molecule is COc1ccc(CN(CCOP(=O)(O)O)C(=O)CCCCc2ccc(OCCCCc3ccc(-c4ccccc4)cc3)cc2)cc1.N. The average Bonchev–Trinajstić information content (AvgIpc) is 3.07. The van der Waals surface area contributed by atoms with E-state index >= 15 is 0 Å². The number of unbranched alkanes of at least 4 members (excludes halogenated alkanes) is 2. The maximum atomic E-state index is 13.0. The number of ether oxygens (including phenoxy) is 2. The van der Waals surface area contributed by atoms with Crippen molar-refractivity contribution >= 4 is 13.7 Å². The smallest absolute Gasteiger partial charge is 0.469 e. The fourth-order valence-electron chi connectivity index (χ4n) is 5.14. The lowest BCUT2D eigenvalue weighted by Gasteiger charge is -2.23. The molecule has 0 radical (unpaired) electrons. The Bertz CT molecular complexity index is 1510. The molecule has 0 aliphatic heterocycles. The molecule has 0 unspecified atom stereocenters. The molecule has 5 N–H and O–H groups in total. The Balaban J connectivity index is 0.00000600. The third kappa shape index (κ3) is 13.7. The Morgan fingerprint density at radius 3 is 1.85 bits per heavy atom. The van der Waals surface area contributed by atoms with Crippen molar-refractivity contribution in [1.82, 2.24) is 11.1 Å². The maximum Gasteiger partial charge on any atom is 0.469 e. The largest absolute Gasteiger partial charge is 0.497 e. The van der Waals surface area contributed by atoms with Gasteiger partial charge in [-0.15, -0.1) is 0 Å². The van der Waals surface area contributed by atoms with Crippen LogP contribution in [0.5, 0.6) is 11.5 Å². The molecule has 4 rings (SSSR count). The number of aryl methyl sites for hydroxylation is 2. The van der Waals surface area contributed by atoms with Gasteiger partial charge in [0.2, 0.25) is 5.91 Å². The minimum Gasteiger partial charge on any atom is -0.497 e. The number of amides is 1. The van der Waals surface area contributed by atoms with E-state index in [-0.39, 0.29) is 25.2 Å². The first-order chi connectivity index (χ1) is 22.3. The van der Waals surface area contributed by atoms with Crippen molar-refractivity contribution in [3.05, 3.63) is 120 Å². The Labute approximate surface area is 278 Å². The zero-order valence-electron chi connectivity index (χ0n) is 27.1. The minimum atomic E-state index is -4.60. The van der Waals surface area contributed by atoms with Crippen LogP contribution >= 0.6 is 7.82 Å². The summed E-state index contributed by atoms with van der Waals surface area (Å²) in [6, 6.07) is 34.7. The second-order valence-corrected chi connectivity index (χ2v) is 12.4. The number of hydrogen-bond donors (Lipinski definition) is 3. The molecule has 0 fully saturated rings. The van der Waals surface area contributed by atoms with E-state index in [1.54, 1.807) is 12.0 Å². The number of carbonyl (C=O) groups is 1. The van der Waals surface area contributed by atoms with Gasteiger partial charge in [0, 0.05) is 19.5 Å². The Morgan fingerprint density at radius 2 is 1.23 bits per heavy atom. The van der Waals surface area contributed by atoms with Gasteiger partial charge in [0.15, 0.2) is 0 Å². The van der Waals surface area contributed by atoms with E-state index in [0.717, 1.165) is 43.4 Å². The van der Waals surface area contributed by atoms with Gasteiger partial charge < -0.3 is 30.3 Å². The van der Waals surface area contributed by atoms with Crippen LogP contribution in [0.1, 0.15) is 48.8 Å². The molecule has 47 heavy (non-hydrogen) atoms. The molecule has 0 aromatic heterocycles. The normalized spacial score (nSPS) is 11.0. The van der Waals surface area contributed by atoms with Gasteiger partial charge in [-0.25, -0.2) is 4.57 Å². The number of carbonyl (C=O) groups excluding carboxylic acids is 1. The number of benzene rings is 4. The molecule has 0 spiro atoms. The molecule has 0 heterocycles. The number of nitrogens with zero attached hydrogens (tertiary/aromatic N) is 1. The molecular formula is C37H47N2O7P. The summed E-state index contributed by atoms with van der Waals surface area (Å²) in [5, 5.41) is 0. The van der Waals surface area contributed by atoms with Crippen LogP contribution in [0.3, 0.4) is 0 Å². The molecule has 1 amide bonds. The summed E-state index contributed by atoms with van der Waals surface area (Å²) in [6.45, 7) is 0.829. The van der Waals surface area contributed by atoms with E-state index in [1.165, 1.54) is 22.3 Å². The summed E-state index contributed by atoms with van der Waals surface area (Å²) in [5.74, 6) is 1.49. The number of methoxy groups -OCH3 is 1. The van der Waals surface area contributed by atoms with Gasteiger partial charge in [-0.1, -0.05) is 78.9 Å². The predicted octanol–water partition coefficient (Wildman–Crippen LogP) is 7.78. The second kappa shape index (κ2) is 19.6. The Hall–Kier alpha value is -3.98.